The number of nitrogens with one attached hydrogen (secondary N) is 1. The van der Waals surface area contributed by atoms with Crippen molar-refractivity contribution in [3.63, 3.8) is 0 Å². The minimum absolute atomic E-state index is 0.155. The summed E-state index contributed by atoms with van der Waals surface area (Å²) < 4.78 is 57.1. The fraction of sp³-hybridized carbons (Fsp3) is 0.207. The Morgan fingerprint density at radius 3 is 2.68 bits per heavy atom. The standard InChI is InChI=1S/C29H25FN4O6S/c1-16(28-32-29(35)40-33-28)26-20-9-7-17(11-18(20)14-39-23-12-19(30)8-10-21(23)26)13-34-22-5-4-6-24(41(3,36)37)27(22)31-25(34)15-38-2/h4-12H,13-15H2,1-3H3,(H,32,33,35)/b26-16-. The first kappa shape index (κ1) is 26.7. The van der Waals surface area contributed by atoms with Crippen LogP contribution in [0.3, 0.4) is 0 Å². The van der Waals surface area contributed by atoms with Gasteiger partial charge < -0.3 is 14.0 Å². The molecule has 12 heteroatoms. The summed E-state index contributed by atoms with van der Waals surface area (Å²) in [7, 11) is -1.95. The van der Waals surface area contributed by atoms with Crippen molar-refractivity contribution in [2.45, 2.75) is 31.6 Å². The van der Waals surface area contributed by atoms with E-state index in [9.17, 15) is 17.6 Å². The predicted molar refractivity (Wildman–Crippen MR) is 149 cm³/mol. The number of methoxy groups -OCH3 is 1. The van der Waals surface area contributed by atoms with Crippen LogP contribution >= 0.6 is 0 Å². The van der Waals surface area contributed by atoms with E-state index in [0.29, 0.717) is 40.3 Å². The molecule has 41 heavy (non-hydrogen) atoms. The van der Waals surface area contributed by atoms with Crippen molar-refractivity contribution in [1.29, 1.82) is 0 Å². The van der Waals surface area contributed by atoms with Gasteiger partial charge >= 0.3 is 5.76 Å². The third-order valence-electron chi connectivity index (χ3n) is 7.04. The molecule has 1 aliphatic rings. The van der Waals surface area contributed by atoms with Crippen LogP contribution in [0.5, 0.6) is 5.75 Å². The van der Waals surface area contributed by atoms with Crippen molar-refractivity contribution in [3.8, 4) is 5.75 Å². The van der Waals surface area contributed by atoms with Crippen molar-refractivity contribution in [2.75, 3.05) is 13.4 Å². The van der Waals surface area contributed by atoms with Gasteiger partial charge in [-0.3, -0.25) is 9.51 Å². The molecule has 0 saturated heterocycles. The van der Waals surface area contributed by atoms with Crippen LogP contribution in [0.15, 0.2) is 68.8 Å². The van der Waals surface area contributed by atoms with Gasteiger partial charge in [0.15, 0.2) is 15.7 Å². The molecular weight excluding hydrogens is 551 g/mol. The van der Waals surface area contributed by atoms with E-state index >= 15 is 0 Å². The molecule has 210 valence electrons. The predicted octanol–water partition coefficient (Wildman–Crippen LogP) is 4.32. The van der Waals surface area contributed by atoms with Crippen LogP contribution in [0.1, 0.15) is 40.8 Å². The van der Waals surface area contributed by atoms with Crippen LogP contribution in [-0.2, 0) is 34.3 Å². The molecule has 1 N–H and O–H groups in total. The fourth-order valence-electron chi connectivity index (χ4n) is 5.21. The van der Waals surface area contributed by atoms with Crippen molar-refractivity contribution >= 4 is 32.0 Å². The van der Waals surface area contributed by atoms with E-state index in [0.717, 1.165) is 28.5 Å². The quantitative estimate of drug-likeness (QED) is 0.316. The van der Waals surface area contributed by atoms with Crippen LogP contribution in [0.2, 0.25) is 0 Å². The summed E-state index contributed by atoms with van der Waals surface area (Å²) in [6.07, 6.45) is 1.16. The maximum absolute atomic E-state index is 14.2. The lowest BCUT2D eigenvalue weighted by Crippen LogP contribution is -2.07. The number of hydrogen-bond acceptors (Lipinski definition) is 8. The molecule has 0 atom stereocenters. The van der Waals surface area contributed by atoms with E-state index in [-0.39, 0.29) is 23.9 Å². The third-order valence-corrected chi connectivity index (χ3v) is 8.17. The molecule has 0 aliphatic carbocycles. The van der Waals surface area contributed by atoms with Crippen LogP contribution in [0.4, 0.5) is 4.39 Å². The van der Waals surface area contributed by atoms with E-state index in [1.54, 1.807) is 32.2 Å². The maximum Gasteiger partial charge on any atom is 0.439 e. The second-order valence-corrected chi connectivity index (χ2v) is 11.8. The number of fused-ring (bicyclic) bond motifs is 3. The summed E-state index contributed by atoms with van der Waals surface area (Å²) >= 11 is 0. The second-order valence-electron chi connectivity index (χ2n) is 9.81. The third kappa shape index (κ3) is 4.85. The van der Waals surface area contributed by atoms with E-state index in [4.69, 9.17) is 14.0 Å². The number of sulfone groups is 1. The Labute approximate surface area is 234 Å². The number of rotatable bonds is 6. The van der Waals surface area contributed by atoms with Crippen molar-refractivity contribution in [3.05, 3.63) is 105 Å². The van der Waals surface area contributed by atoms with Crippen molar-refractivity contribution in [2.24, 2.45) is 0 Å². The zero-order valence-corrected chi connectivity index (χ0v) is 23.2. The number of aromatic amines is 1. The van der Waals surface area contributed by atoms with Crippen molar-refractivity contribution < 1.29 is 26.8 Å². The van der Waals surface area contributed by atoms with Crippen LogP contribution in [-0.4, -0.2) is 41.5 Å². The number of imidazole rings is 1. The monoisotopic (exact) mass is 576 g/mol. The van der Waals surface area contributed by atoms with Gasteiger partial charge in [-0.1, -0.05) is 23.4 Å². The zero-order valence-electron chi connectivity index (χ0n) is 22.4. The number of halogens is 1. The number of nitrogens with zero attached hydrogens (tertiary/aromatic N) is 3. The summed E-state index contributed by atoms with van der Waals surface area (Å²) in [6.45, 7) is 2.54. The Morgan fingerprint density at radius 2 is 1.95 bits per heavy atom. The number of H-pyrrole nitrogens is 1. The Balaban J connectivity index is 1.49. The van der Waals surface area contributed by atoms with Gasteiger partial charge in [0.05, 0.1) is 10.4 Å². The molecule has 0 amide bonds. The minimum atomic E-state index is -3.50. The van der Waals surface area contributed by atoms with Gasteiger partial charge in [0.2, 0.25) is 0 Å². The topological polar surface area (TPSA) is 129 Å². The Morgan fingerprint density at radius 1 is 1.15 bits per heavy atom. The van der Waals surface area contributed by atoms with Crippen molar-refractivity contribution in [1.82, 2.24) is 19.7 Å². The highest BCUT2D eigenvalue weighted by atomic mass is 32.2. The molecule has 5 aromatic rings. The van der Waals surface area contributed by atoms with Crippen LogP contribution in [0, 0.1) is 5.82 Å². The van der Waals surface area contributed by atoms with E-state index in [1.165, 1.54) is 12.1 Å². The molecule has 1 aliphatic heterocycles. The molecule has 6 rings (SSSR count). The summed E-state index contributed by atoms with van der Waals surface area (Å²) in [5, 5.41) is 3.85. The number of para-hydroxylation sites is 1. The lowest BCUT2D eigenvalue weighted by Gasteiger charge is -2.15. The highest BCUT2D eigenvalue weighted by Crippen LogP contribution is 2.41. The lowest BCUT2D eigenvalue weighted by molar-refractivity contribution is 0.175. The summed E-state index contributed by atoms with van der Waals surface area (Å²) in [5.74, 6) is 0.0813. The molecule has 2 aromatic heterocycles. The molecule has 0 bridgehead atoms. The Bertz CT molecular complexity index is 2020. The smallest absolute Gasteiger partial charge is 0.439 e. The van der Waals surface area contributed by atoms with Gasteiger partial charge in [0, 0.05) is 37.1 Å². The Hall–Kier alpha value is -4.55. The SMILES string of the molecule is COCc1nc2c(S(C)(=O)=O)cccc2n1Cc1ccc2c(c1)COc1cc(F)ccc1/C2=C(/C)c1noc(=O)[nH]1. The number of ether oxygens (including phenoxy) is 2. The molecule has 0 spiro atoms. The molecule has 3 aromatic carbocycles. The van der Waals surface area contributed by atoms with Gasteiger partial charge in [-0.05, 0) is 59.5 Å². The van der Waals surface area contributed by atoms with E-state index < -0.39 is 21.4 Å². The maximum atomic E-state index is 14.2. The molecule has 0 saturated carbocycles. The van der Waals surface area contributed by atoms with Crippen LogP contribution < -0.4 is 10.5 Å². The van der Waals surface area contributed by atoms with Gasteiger partial charge in [-0.15, -0.1) is 0 Å². The number of aromatic nitrogens is 4. The van der Waals surface area contributed by atoms with Gasteiger partial charge in [-0.2, -0.15) is 0 Å². The van der Waals surface area contributed by atoms with E-state index in [2.05, 4.69) is 15.1 Å². The normalized spacial score (nSPS) is 14.3. The second kappa shape index (κ2) is 10.1. The Kier molecular flexibility index (Phi) is 6.59. The fourth-order valence-corrected chi connectivity index (χ4v) is 6.04. The average molecular weight is 577 g/mol. The van der Waals surface area contributed by atoms with E-state index in [1.807, 2.05) is 28.8 Å². The minimum Gasteiger partial charge on any atom is -0.488 e. The lowest BCUT2D eigenvalue weighted by atomic mass is 9.89. The summed E-state index contributed by atoms with van der Waals surface area (Å²) in [6, 6.07) is 15.3. The van der Waals surface area contributed by atoms with Gasteiger partial charge in [-0.25, -0.2) is 22.6 Å². The zero-order chi connectivity index (χ0) is 28.9. The molecule has 0 radical (unpaired) electrons. The number of benzene rings is 3. The summed E-state index contributed by atoms with van der Waals surface area (Å²) in [5.41, 5.74) is 5.60. The van der Waals surface area contributed by atoms with Gasteiger partial charge in [0.25, 0.3) is 0 Å². The highest BCUT2D eigenvalue weighted by Gasteiger charge is 2.25. The molecule has 0 unspecified atom stereocenters. The van der Waals surface area contributed by atoms with Gasteiger partial charge in [0.1, 0.15) is 36.1 Å². The molecule has 10 nitrogen and oxygen atoms in total. The number of hydrogen-bond donors (Lipinski definition) is 1. The first-order chi connectivity index (χ1) is 19.6. The summed E-state index contributed by atoms with van der Waals surface area (Å²) in [4.78, 5) is 19.1. The molecular formula is C29H25FN4O6S. The number of allylic oxidation sites excluding steroid dienone is 1. The first-order valence-corrected chi connectivity index (χ1v) is 14.5. The van der Waals surface area contributed by atoms with Crippen LogP contribution in [0.25, 0.3) is 22.2 Å². The first-order valence-electron chi connectivity index (χ1n) is 12.6. The largest absolute Gasteiger partial charge is 0.488 e. The average Bonchev–Trinajstić information content (AvgIpc) is 3.47. The molecule has 3 heterocycles. The highest BCUT2D eigenvalue weighted by molar-refractivity contribution is 7.91. The molecule has 0 fully saturated rings.